The second-order valence-corrected chi connectivity index (χ2v) is 4.46. The molecule has 0 atom stereocenters. The Kier molecular flexibility index (Phi) is 3.96. The minimum Gasteiger partial charge on any atom is -0.487 e. The first-order chi connectivity index (χ1) is 8.72. The van der Waals surface area contributed by atoms with Crippen LogP contribution in [0.1, 0.15) is 11.1 Å². The molecule has 0 saturated heterocycles. The average molecular weight is 306 g/mol. The molecule has 0 fully saturated rings. The van der Waals surface area contributed by atoms with Crippen molar-refractivity contribution in [2.24, 2.45) is 0 Å². The highest BCUT2D eigenvalue weighted by molar-refractivity contribution is 9.10. The van der Waals surface area contributed by atoms with Crippen molar-refractivity contribution >= 4 is 15.9 Å². The van der Waals surface area contributed by atoms with E-state index in [1.807, 2.05) is 6.07 Å². The number of hydrogen-bond donors (Lipinski definition) is 0. The van der Waals surface area contributed by atoms with E-state index < -0.39 is 0 Å². The van der Waals surface area contributed by atoms with E-state index in [9.17, 15) is 4.39 Å². The number of nitriles is 1. The van der Waals surface area contributed by atoms with Gasteiger partial charge < -0.3 is 4.74 Å². The molecule has 18 heavy (non-hydrogen) atoms. The van der Waals surface area contributed by atoms with Gasteiger partial charge in [-0.25, -0.2) is 4.39 Å². The van der Waals surface area contributed by atoms with Crippen LogP contribution in [-0.2, 0) is 6.61 Å². The molecule has 2 aromatic carbocycles. The highest BCUT2D eigenvalue weighted by Gasteiger charge is 2.08. The first kappa shape index (κ1) is 12.6. The molecule has 4 heteroatoms. The van der Waals surface area contributed by atoms with Crippen molar-refractivity contribution in [3.8, 4) is 11.8 Å². The number of benzene rings is 2. The van der Waals surface area contributed by atoms with Gasteiger partial charge in [0.1, 0.15) is 29.8 Å². The fraction of sp³-hybridized carbons (Fsp3) is 0.0714. The zero-order valence-electron chi connectivity index (χ0n) is 9.36. The predicted octanol–water partition coefficient (Wildman–Crippen LogP) is 4.04. The second-order valence-electron chi connectivity index (χ2n) is 3.60. The molecule has 0 heterocycles. The summed E-state index contributed by atoms with van der Waals surface area (Å²) >= 11 is 3.27. The number of hydrogen-bond acceptors (Lipinski definition) is 2. The van der Waals surface area contributed by atoms with Crippen LogP contribution in [-0.4, -0.2) is 0 Å². The van der Waals surface area contributed by atoms with Crippen LogP contribution >= 0.6 is 15.9 Å². The third-order valence-electron chi connectivity index (χ3n) is 2.43. The summed E-state index contributed by atoms with van der Waals surface area (Å²) in [6.45, 7) is 0.0950. The van der Waals surface area contributed by atoms with Gasteiger partial charge in [0.25, 0.3) is 0 Å². The molecule has 0 N–H and O–H groups in total. The van der Waals surface area contributed by atoms with Crippen molar-refractivity contribution in [3.63, 3.8) is 0 Å². The van der Waals surface area contributed by atoms with Crippen molar-refractivity contribution in [1.29, 1.82) is 5.26 Å². The lowest BCUT2D eigenvalue weighted by atomic mass is 10.2. The maximum atomic E-state index is 13.4. The molecule has 0 spiro atoms. The molecule has 2 rings (SSSR count). The van der Waals surface area contributed by atoms with Crippen LogP contribution in [0.4, 0.5) is 4.39 Å². The predicted molar refractivity (Wildman–Crippen MR) is 69.6 cm³/mol. The van der Waals surface area contributed by atoms with E-state index in [0.717, 1.165) is 0 Å². The Labute approximate surface area is 113 Å². The lowest BCUT2D eigenvalue weighted by molar-refractivity contribution is 0.299. The summed E-state index contributed by atoms with van der Waals surface area (Å²) < 4.78 is 19.5. The molecule has 0 bridgehead atoms. The van der Waals surface area contributed by atoms with Gasteiger partial charge in [-0.3, -0.25) is 0 Å². The minimum atomic E-state index is -0.314. The monoisotopic (exact) mass is 305 g/mol. The first-order valence-electron chi connectivity index (χ1n) is 5.27. The molecule has 0 radical (unpaired) electrons. The lowest BCUT2D eigenvalue weighted by Gasteiger charge is -2.09. The normalized spacial score (nSPS) is 9.83. The van der Waals surface area contributed by atoms with Crippen LogP contribution < -0.4 is 4.74 Å². The number of halogens is 2. The molecule has 0 amide bonds. The molecular weight excluding hydrogens is 297 g/mol. The number of rotatable bonds is 3. The van der Waals surface area contributed by atoms with E-state index in [1.54, 1.807) is 36.4 Å². The van der Waals surface area contributed by atoms with Crippen LogP contribution in [0.5, 0.6) is 5.75 Å². The van der Waals surface area contributed by atoms with Gasteiger partial charge in [0, 0.05) is 10.0 Å². The maximum absolute atomic E-state index is 13.4. The Morgan fingerprint density at radius 3 is 2.67 bits per heavy atom. The quantitative estimate of drug-likeness (QED) is 0.857. The third-order valence-corrected chi connectivity index (χ3v) is 3.09. The summed E-state index contributed by atoms with van der Waals surface area (Å²) in [7, 11) is 0. The number of nitrogens with zero attached hydrogens (tertiary/aromatic N) is 1. The van der Waals surface area contributed by atoms with Crippen molar-refractivity contribution in [2.45, 2.75) is 6.61 Å². The fourth-order valence-electron chi connectivity index (χ4n) is 1.50. The van der Waals surface area contributed by atoms with E-state index in [-0.39, 0.29) is 12.4 Å². The summed E-state index contributed by atoms with van der Waals surface area (Å²) in [5.41, 5.74) is 0.871. The van der Waals surface area contributed by atoms with Crippen LogP contribution in [0, 0.1) is 17.1 Å². The molecule has 0 aliphatic heterocycles. The lowest BCUT2D eigenvalue weighted by Crippen LogP contribution is -1.99. The molecule has 0 saturated carbocycles. The van der Waals surface area contributed by atoms with Crippen LogP contribution in [0.25, 0.3) is 0 Å². The minimum absolute atomic E-state index is 0.0950. The van der Waals surface area contributed by atoms with Gasteiger partial charge in [-0.1, -0.05) is 24.3 Å². The molecule has 2 aromatic rings. The van der Waals surface area contributed by atoms with Crippen molar-refractivity contribution < 1.29 is 9.13 Å². The smallest absolute Gasteiger partial charge is 0.138 e. The van der Waals surface area contributed by atoms with Gasteiger partial charge >= 0.3 is 0 Å². The molecule has 0 unspecified atom stereocenters. The molecule has 2 nitrogen and oxygen atoms in total. The summed E-state index contributed by atoms with van der Waals surface area (Å²) in [5, 5.41) is 9.02. The molecule has 0 aliphatic carbocycles. The number of ether oxygens (including phenoxy) is 1. The zero-order valence-corrected chi connectivity index (χ0v) is 10.9. The van der Waals surface area contributed by atoms with Crippen molar-refractivity contribution in [2.75, 3.05) is 0 Å². The van der Waals surface area contributed by atoms with Gasteiger partial charge in [-0.2, -0.15) is 5.26 Å². The maximum Gasteiger partial charge on any atom is 0.138 e. The van der Waals surface area contributed by atoms with Crippen molar-refractivity contribution in [1.82, 2.24) is 0 Å². The Morgan fingerprint density at radius 2 is 1.94 bits per heavy atom. The van der Waals surface area contributed by atoms with Gasteiger partial charge in [0.05, 0.1) is 0 Å². The van der Waals surface area contributed by atoms with E-state index >= 15 is 0 Å². The first-order valence-corrected chi connectivity index (χ1v) is 6.06. The van der Waals surface area contributed by atoms with Gasteiger partial charge in [-0.05, 0) is 34.1 Å². The van der Waals surface area contributed by atoms with Crippen LogP contribution in [0.15, 0.2) is 46.9 Å². The largest absolute Gasteiger partial charge is 0.487 e. The Hall–Kier alpha value is -1.86. The average Bonchev–Trinajstić information content (AvgIpc) is 2.38. The van der Waals surface area contributed by atoms with Crippen molar-refractivity contribution in [3.05, 3.63) is 63.9 Å². The van der Waals surface area contributed by atoms with E-state index in [1.165, 1.54) is 6.07 Å². The summed E-state index contributed by atoms with van der Waals surface area (Å²) in [4.78, 5) is 0. The summed E-state index contributed by atoms with van der Waals surface area (Å²) in [6.07, 6.45) is 0. The molecule has 90 valence electrons. The Bertz CT molecular complexity index is 607. The second kappa shape index (κ2) is 5.65. The van der Waals surface area contributed by atoms with Crippen LogP contribution in [0.2, 0.25) is 0 Å². The van der Waals surface area contributed by atoms with E-state index in [4.69, 9.17) is 10.00 Å². The highest BCUT2D eigenvalue weighted by atomic mass is 79.9. The standard InChI is InChI=1S/C14H9BrFNO/c15-12-5-3-7-14(11(12)8-17)18-9-10-4-1-2-6-13(10)16/h1-7H,9H2. The molecule has 0 aliphatic rings. The highest BCUT2D eigenvalue weighted by Crippen LogP contribution is 2.26. The SMILES string of the molecule is N#Cc1c(Br)cccc1OCc1ccccc1F. The fourth-order valence-corrected chi connectivity index (χ4v) is 1.94. The summed E-state index contributed by atoms with van der Waals surface area (Å²) in [5.74, 6) is 0.126. The van der Waals surface area contributed by atoms with Crippen LogP contribution in [0.3, 0.4) is 0 Å². The van der Waals surface area contributed by atoms with E-state index in [2.05, 4.69) is 15.9 Å². The summed E-state index contributed by atoms with van der Waals surface area (Å²) in [6, 6.07) is 13.7. The topological polar surface area (TPSA) is 33.0 Å². The third kappa shape index (κ3) is 2.69. The molecular formula is C14H9BrFNO. The zero-order chi connectivity index (χ0) is 13.0. The van der Waals surface area contributed by atoms with Gasteiger partial charge in [0.2, 0.25) is 0 Å². The molecule has 0 aromatic heterocycles. The Morgan fingerprint density at radius 1 is 1.17 bits per heavy atom. The van der Waals surface area contributed by atoms with Gasteiger partial charge in [0.15, 0.2) is 0 Å². The van der Waals surface area contributed by atoms with Gasteiger partial charge in [-0.15, -0.1) is 0 Å². The van der Waals surface area contributed by atoms with E-state index in [0.29, 0.717) is 21.3 Å². The Balaban J connectivity index is 2.19.